The molecule has 254 valence electrons. The van der Waals surface area contributed by atoms with E-state index in [0.29, 0.717) is 11.5 Å². The van der Waals surface area contributed by atoms with E-state index in [-0.39, 0.29) is 25.8 Å². The van der Waals surface area contributed by atoms with Gasteiger partial charge in [0.2, 0.25) is 0 Å². The molecular formula is C47H30N4OPd. The summed E-state index contributed by atoms with van der Waals surface area (Å²) in [6.45, 7) is 4.56. The van der Waals surface area contributed by atoms with Crippen molar-refractivity contribution in [3.8, 4) is 39.8 Å². The summed E-state index contributed by atoms with van der Waals surface area (Å²) in [7, 11) is 0. The molecule has 5 heterocycles. The molecule has 0 N–H and O–H groups in total. The molecule has 10 aromatic rings. The first-order valence-electron chi connectivity index (χ1n) is 17.6. The van der Waals surface area contributed by atoms with Crippen LogP contribution in [0.2, 0.25) is 0 Å². The molecule has 0 saturated heterocycles. The molecule has 53 heavy (non-hydrogen) atoms. The van der Waals surface area contributed by atoms with Crippen molar-refractivity contribution in [3.63, 3.8) is 0 Å². The molecule has 0 unspecified atom stereocenters. The van der Waals surface area contributed by atoms with Crippen molar-refractivity contribution in [2.45, 2.75) is 19.3 Å². The smallest absolute Gasteiger partial charge is 0.503 e. The predicted molar refractivity (Wildman–Crippen MR) is 210 cm³/mol. The first kappa shape index (κ1) is 31.7. The Morgan fingerprint density at radius 2 is 1.28 bits per heavy atom. The standard InChI is InChI=1S/C47H30N4O.Pd/c1-47(2)38-19-11-18-36-35-25-23-32(28-41(35)51(44(36)38)46-39(47)20-12-26-48-46)52-31-22-24-33-34-17-9-10-21-40(34)50-43(30-15-7-4-8-16-30)42(29-13-5-3-6-14-29)49-45(50)37(33)27-31;/h3-26H,1-2H3;/q-2;+2. The van der Waals surface area contributed by atoms with Gasteiger partial charge in [0.1, 0.15) is 5.82 Å². The number of imidazole rings is 1. The Bertz CT molecular complexity index is 3070. The Balaban J connectivity index is 0.00000349. The number of fused-ring (bicyclic) bond motifs is 11. The minimum absolute atomic E-state index is 0. The van der Waals surface area contributed by atoms with E-state index >= 15 is 0 Å². The van der Waals surface area contributed by atoms with Crippen molar-refractivity contribution >= 4 is 49.1 Å². The fourth-order valence-electron chi connectivity index (χ4n) is 8.39. The number of ether oxygens (including phenoxy) is 1. The molecule has 5 nitrogen and oxygen atoms in total. The Hall–Kier alpha value is -6.06. The zero-order valence-electron chi connectivity index (χ0n) is 28.9. The molecule has 0 spiro atoms. The number of hydrogen-bond donors (Lipinski definition) is 0. The fourth-order valence-corrected chi connectivity index (χ4v) is 8.39. The van der Waals surface area contributed by atoms with Gasteiger partial charge in [-0.25, -0.2) is 4.98 Å². The van der Waals surface area contributed by atoms with Crippen LogP contribution in [-0.2, 0) is 25.8 Å². The van der Waals surface area contributed by atoms with Crippen LogP contribution in [0.15, 0.2) is 146 Å². The first-order chi connectivity index (χ1) is 25.6. The zero-order valence-corrected chi connectivity index (χ0v) is 30.4. The number of nitrogens with zero attached hydrogens (tertiary/aromatic N) is 4. The number of hydrogen-bond acceptors (Lipinski definition) is 3. The number of para-hydroxylation sites is 2. The van der Waals surface area contributed by atoms with E-state index in [9.17, 15) is 0 Å². The topological polar surface area (TPSA) is 44.4 Å². The van der Waals surface area contributed by atoms with Gasteiger partial charge in [-0.1, -0.05) is 139 Å². The van der Waals surface area contributed by atoms with Crippen molar-refractivity contribution in [2.75, 3.05) is 0 Å². The van der Waals surface area contributed by atoms with Crippen LogP contribution in [-0.4, -0.2) is 18.9 Å². The summed E-state index contributed by atoms with van der Waals surface area (Å²) in [5, 5.41) is 5.39. The van der Waals surface area contributed by atoms with Crippen LogP contribution >= 0.6 is 0 Å². The summed E-state index contributed by atoms with van der Waals surface area (Å²) in [6.07, 6.45) is 1.87. The van der Waals surface area contributed by atoms with Crippen molar-refractivity contribution in [1.29, 1.82) is 0 Å². The second-order valence-corrected chi connectivity index (χ2v) is 14.1. The van der Waals surface area contributed by atoms with Gasteiger partial charge in [-0.15, -0.1) is 29.7 Å². The third kappa shape index (κ3) is 4.53. The van der Waals surface area contributed by atoms with Gasteiger partial charge < -0.3 is 13.7 Å². The summed E-state index contributed by atoms with van der Waals surface area (Å²) in [5.74, 6) is 2.15. The summed E-state index contributed by atoms with van der Waals surface area (Å²) >= 11 is 0. The van der Waals surface area contributed by atoms with Crippen LogP contribution in [0.5, 0.6) is 11.5 Å². The number of aromatic nitrogens is 4. The molecule has 4 aromatic heterocycles. The Morgan fingerprint density at radius 3 is 2.09 bits per heavy atom. The molecule has 11 rings (SSSR count). The van der Waals surface area contributed by atoms with Crippen LogP contribution in [0.1, 0.15) is 25.0 Å². The normalized spacial score (nSPS) is 13.1. The van der Waals surface area contributed by atoms with Crippen molar-refractivity contribution in [2.24, 2.45) is 0 Å². The van der Waals surface area contributed by atoms with Crippen LogP contribution in [0.3, 0.4) is 0 Å². The Morgan fingerprint density at radius 1 is 0.604 bits per heavy atom. The van der Waals surface area contributed by atoms with E-state index in [4.69, 9.17) is 14.7 Å². The predicted octanol–water partition coefficient (Wildman–Crippen LogP) is 11.5. The van der Waals surface area contributed by atoms with Crippen molar-refractivity contribution in [3.05, 3.63) is 169 Å². The minimum Gasteiger partial charge on any atom is -0.503 e. The molecule has 1 aliphatic rings. The first-order valence-corrected chi connectivity index (χ1v) is 17.6. The van der Waals surface area contributed by atoms with Gasteiger partial charge in [0, 0.05) is 45.3 Å². The maximum absolute atomic E-state index is 6.65. The maximum Gasteiger partial charge on any atom is 2.00 e. The molecule has 0 bridgehead atoms. The molecule has 0 saturated carbocycles. The summed E-state index contributed by atoms with van der Waals surface area (Å²) < 4.78 is 11.2. The minimum atomic E-state index is -0.185. The molecule has 0 atom stereocenters. The molecule has 6 heteroatoms. The fraction of sp³-hybridized carbons (Fsp3) is 0.0638. The number of pyridine rings is 2. The van der Waals surface area contributed by atoms with E-state index in [1.807, 2.05) is 30.5 Å². The van der Waals surface area contributed by atoms with Crippen LogP contribution in [0.4, 0.5) is 0 Å². The van der Waals surface area contributed by atoms with Crippen molar-refractivity contribution < 1.29 is 25.2 Å². The Kier molecular flexibility index (Phi) is 7.01. The molecule has 0 fully saturated rings. The summed E-state index contributed by atoms with van der Waals surface area (Å²) in [6, 6.07) is 55.8. The van der Waals surface area contributed by atoms with Gasteiger partial charge in [0.05, 0.1) is 17.0 Å². The molecule has 1 aliphatic heterocycles. The van der Waals surface area contributed by atoms with Gasteiger partial charge in [-0.05, 0) is 34.0 Å². The second kappa shape index (κ2) is 11.7. The number of rotatable bonds is 4. The molecule has 0 aliphatic carbocycles. The second-order valence-electron chi connectivity index (χ2n) is 14.1. The van der Waals surface area contributed by atoms with E-state index < -0.39 is 0 Å². The molecule has 6 aromatic carbocycles. The molecular weight excluding hydrogens is 743 g/mol. The van der Waals surface area contributed by atoms with Crippen LogP contribution < -0.4 is 4.74 Å². The van der Waals surface area contributed by atoms with Gasteiger partial charge in [0.25, 0.3) is 0 Å². The maximum atomic E-state index is 6.65. The molecule has 0 radical (unpaired) electrons. The zero-order chi connectivity index (χ0) is 34.6. The van der Waals surface area contributed by atoms with E-state index in [1.165, 1.54) is 22.0 Å². The van der Waals surface area contributed by atoms with Crippen molar-refractivity contribution in [1.82, 2.24) is 18.9 Å². The van der Waals surface area contributed by atoms with E-state index in [2.05, 4.69) is 150 Å². The van der Waals surface area contributed by atoms with Gasteiger partial charge in [-0.2, -0.15) is 6.07 Å². The summed E-state index contributed by atoms with van der Waals surface area (Å²) in [5.41, 5.74) is 10.4. The van der Waals surface area contributed by atoms with Gasteiger partial charge in [-0.3, -0.25) is 4.98 Å². The van der Waals surface area contributed by atoms with Crippen LogP contribution in [0, 0.1) is 12.1 Å². The number of benzene rings is 6. The third-order valence-corrected chi connectivity index (χ3v) is 10.8. The van der Waals surface area contributed by atoms with E-state index in [1.54, 1.807) is 0 Å². The summed E-state index contributed by atoms with van der Waals surface area (Å²) in [4.78, 5) is 10.3. The Labute approximate surface area is 319 Å². The van der Waals surface area contributed by atoms with E-state index in [0.717, 1.165) is 66.6 Å². The quantitative estimate of drug-likeness (QED) is 0.102. The van der Waals surface area contributed by atoms with Crippen LogP contribution in [0.25, 0.3) is 77.5 Å². The largest absolute Gasteiger partial charge is 2.00 e. The average Bonchev–Trinajstić information content (AvgIpc) is 3.75. The van der Waals surface area contributed by atoms with Gasteiger partial charge >= 0.3 is 20.4 Å². The SMILES string of the molecule is CC1(C)c2cccnc2-n2c3[c-]c(Oc4[c-]c5c(cc4)c4ccccc4n4c(-c6ccccc6)c(-c6ccccc6)nc54)ccc3c3cccc1c32.[Pd+2]. The monoisotopic (exact) mass is 772 g/mol. The third-order valence-electron chi connectivity index (χ3n) is 10.8. The average molecular weight is 773 g/mol. The molecule has 0 amide bonds. The van der Waals surface area contributed by atoms with Gasteiger partial charge in [0.15, 0.2) is 0 Å².